The summed E-state index contributed by atoms with van der Waals surface area (Å²) in [5.74, 6) is -1.18. The summed E-state index contributed by atoms with van der Waals surface area (Å²) in [4.78, 5) is 47.3. The molecule has 0 aromatic heterocycles. The smallest absolute Gasteiger partial charge is 0.460 e. The Morgan fingerprint density at radius 1 is 0.600 bits per heavy atom. The van der Waals surface area contributed by atoms with Crippen molar-refractivity contribution in [3.63, 3.8) is 0 Å². The molecule has 2 rings (SSSR count). The first-order chi connectivity index (χ1) is 16.8. The highest BCUT2D eigenvalue weighted by molar-refractivity contribution is 5.77. The van der Waals surface area contributed by atoms with Crippen molar-refractivity contribution in [1.82, 2.24) is 0 Å². The topological polar surface area (TPSA) is 133 Å². The van der Waals surface area contributed by atoms with Crippen LogP contribution in [0.5, 0.6) is 0 Å². The van der Waals surface area contributed by atoms with E-state index in [9.17, 15) is 19.2 Å². The van der Waals surface area contributed by atoms with Gasteiger partial charge in [-0.2, -0.15) is 0 Å². The summed E-state index contributed by atoms with van der Waals surface area (Å²) in [6.45, 7) is 2.68. The van der Waals surface area contributed by atoms with Gasteiger partial charge in [-0.25, -0.2) is 19.2 Å². The van der Waals surface area contributed by atoms with E-state index in [2.05, 4.69) is 0 Å². The molecule has 0 amide bonds. The van der Waals surface area contributed by atoms with Crippen LogP contribution in [0.3, 0.4) is 0 Å². The van der Waals surface area contributed by atoms with Crippen LogP contribution in [0.4, 0.5) is 9.59 Å². The largest absolute Gasteiger partial charge is 0.509 e. The predicted molar refractivity (Wildman–Crippen MR) is 121 cm³/mol. The zero-order valence-corrected chi connectivity index (χ0v) is 20.7. The van der Waals surface area contributed by atoms with Crippen LogP contribution in [0.15, 0.2) is 0 Å². The standard InChI is InChI=1S/C24H38O11/c1-17(21(25)34-19-9-5-3-6-10-19)32-23(27)30-15-13-29-14-16-31-24(28)33-18(2)22(26)35-20-11-7-4-8-12-20/h17-20H,3-16H2,1-2H3/t17-,18-/m0/s1. The monoisotopic (exact) mass is 502 g/mol. The van der Waals surface area contributed by atoms with E-state index in [0.717, 1.165) is 64.2 Å². The molecule has 0 bridgehead atoms. The van der Waals surface area contributed by atoms with Gasteiger partial charge in [0.1, 0.15) is 25.4 Å². The lowest BCUT2D eigenvalue weighted by atomic mass is 9.98. The van der Waals surface area contributed by atoms with E-state index in [4.69, 9.17) is 33.2 Å². The van der Waals surface area contributed by atoms with Gasteiger partial charge in [0.05, 0.1) is 13.2 Å². The summed E-state index contributed by atoms with van der Waals surface area (Å²) in [7, 11) is 0. The third-order valence-corrected chi connectivity index (χ3v) is 5.78. The molecule has 200 valence electrons. The van der Waals surface area contributed by atoms with Gasteiger partial charge in [0.2, 0.25) is 0 Å². The molecule has 0 radical (unpaired) electrons. The molecule has 2 aliphatic carbocycles. The highest BCUT2D eigenvalue weighted by atomic mass is 16.7. The molecule has 2 aliphatic rings. The van der Waals surface area contributed by atoms with Gasteiger partial charge in [-0.15, -0.1) is 0 Å². The van der Waals surface area contributed by atoms with Crippen molar-refractivity contribution in [1.29, 1.82) is 0 Å². The molecule has 0 aromatic carbocycles. The van der Waals surface area contributed by atoms with Crippen molar-refractivity contribution in [2.45, 2.75) is 102 Å². The van der Waals surface area contributed by atoms with E-state index in [1.54, 1.807) is 0 Å². The molecular weight excluding hydrogens is 464 g/mol. The number of esters is 2. The van der Waals surface area contributed by atoms with Gasteiger partial charge >= 0.3 is 24.2 Å². The number of carbonyl (C=O) groups excluding carboxylic acids is 4. The Morgan fingerprint density at radius 2 is 0.971 bits per heavy atom. The second-order valence-corrected chi connectivity index (χ2v) is 8.72. The van der Waals surface area contributed by atoms with Gasteiger partial charge in [0, 0.05) is 0 Å². The molecule has 11 nitrogen and oxygen atoms in total. The average molecular weight is 503 g/mol. The minimum absolute atomic E-state index is 0.0263. The van der Waals surface area contributed by atoms with E-state index in [0.29, 0.717) is 0 Å². The van der Waals surface area contributed by atoms with Crippen molar-refractivity contribution in [2.24, 2.45) is 0 Å². The third kappa shape index (κ3) is 12.1. The Bertz CT molecular complexity index is 612. The van der Waals surface area contributed by atoms with Crippen molar-refractivity contribution in [3.05, 3.63) is 0 Å². The zero-order valence-electron chi connectivity index (χ0n) is 20.7. The number of carbonyl (C=O) groups is 4. The lowest BCUT2D eigenvalue weighted by Gasteiger charge is -2.23. The Morgan fingerprint density at radius 3 is 1.34 bits per heavy atom. The maximum Gasteiger partial charge on any atom is 0.509 e. The van der Waals surface area contributed by atoms with E-state index in [1.165, 1.54) is 13.8 Å². The summed E-state index contributed by atoms with van der Waals surface area (Å²) in [6, 6.07) is 0. The molecule has 0 saturated heterocycles. The first kappa shape index (κ1) is 28.7. The Balaban J connectivity index is 1.45. The molecule has 0 heterocycles. The van der Waals surface area contributed by atoms with Crippen LogP contribution in [0, 0.1) is 0 Å². The van der Waals surface area contributed by atoms with Gasteiger partial charge < -0.3 is 33.2 Å². The summed E-state index contributed by atoms with van der Waals surface area (Å²) in [6.07, 6.45) is 5.31. The van der Waals surface area contributed by atoms with Crippen LogP contribution in [0.25, 0.3) is 0 Å². The highest BCUT2D eigenvalue weighted by Crippen LogP contribution is 2.22. The Hall–Kier alpha value is -2.56. The first-order valence-corrected chi connectivity index (χ1v) is 12.5. The molecule has 0 aliphatic heterocycles. The SMILES string of the molecule is C[C@H](OC(=O)OCCOCCOC(=O)O[C@@H](C)C(=O)OC1CCCCC1)C(=O)OC1CCCCC1. The summed E-state index contributed by atoms with van der Waals surface area (Å²) in [5.41, 5.74) is 0. The van der Waals surface area contributed by atoms with Gasteiger partial charge in [-0.05, 0) is 65.2 Å². The zero-order chi connectivity index (χ0) is 25.5. The molecule has 11 heteroatoms. The Labute approximate surface area is 206 Å². The van der Waals surface area contributed by atoms with Gasteiger partial charge in [0.15, 0.2) is 12.2 Å². The van der Waals surface area contributed by atoms with E-state index in [-0.39, 0.29) is 38.6 Å². The lowest BCUT2D eigenvalue weighted by molar-refractivity contribution is -0.161. The van der Waals surface area contributed by atoms with Gasteiger partial charge in [-0.1, -0.05) is 12.8 Å². The summed E-state index contributed by atoms with van der Waals surface area (Å²) >= 11 is 0. The molecule has 0 N–H and O–H groups in total. The third-order valence-electron chi connectivity index (χ3n) is 5.78. The van der Waals surface area contributed by atoms with E-state index in [1.807, 2.05) is 0 Å². The van der Waals surface area contributed by atoms with Crippen LogP contribution in [0.2, 0.25) is 0 Å². The van der Waals surface area contributed by atoms with Crippen molar-refractivity contribution >= 4 is 24.2 Å². The van der Waals surface area contributed by atoms with E-state index >= 15 is 0 Å². The van der Waals surface area contributed by atoms with Crippen LogP contribution < -0.4 is 0 Å². The number of hydrogen-bond donors (Lipinski definition) is 0. The van der Waals surface area contributed by atoms with E-state index < -0.39 is 36.5 Å². The minimum Gasteiger partial charge on any atom is -0.460 e. The molecule has 35 heavy (non-hydrogen) atoms. The van der Waals surface area contributed by atoms with Gasteiger partial charge in [0.25, 0.3) is 0 Å². The number of hydrogen-bond acceptors (Lipinski definition) is 11. The van der Waals surface area contributed by atoms with Crippen molar-refractivity contribution in [2.75, 3.05) is 26.4 Å². The molecule has 2 atom stereocenters. The number of rotatable bonds is 12. The minimum atomic E-state index is -1.06. The van der Waals surface area contributed by atoms with Crippen LogP contribution >= 0.6 is 0 Å². The fraction of sp³-hybridized carbons (Fsp3) is 0.833. The fourth-order valence-corrected chi connectivity index (χ4v) is 3.81. The quantitative estimate of drug-likeness (QED) is 0.219. The average Bonchev–Trinajstić information content (AvgIpc) is 2.84. The van der Waals surface area contributed by atoms with Crippen molar-refractivity contribution in [3.8, 4) is 0 Å². The molecule has 0 aromatic rings. The summed E-state index contributed by atoms with van der Waals surface area (Å²) in [5, 5.41) is 0. The second-order valence-electron chi connectivity index (χ2n) is 8.72. The maximum absolute atomic E-state index is 12.0. The van der Waals surface area contributed by atoms with Crippen LogP contribution in [-0.4, -0.2) is 75.1 Å². The molecular formula is C24H38O11. The van der Waals surface area contributed by atoms with Crippen LogP contribution in [-0.2, 0) is 42.7 Å². The maximum atomic E-state index is 12.0. The lowest BCUT2D eigenvalue weighted by Crippen LogP contribution is -2.31. The molecule has 0 spiro atoms. The highest BCUT2D eigenvalue weighted by Gasteiger charge is 2.26. The Kier molecular flexibility index (Phi) is 13.3. The molecule has 2 saturated carbocycles. The van der Waals surface area contributed by atoms with Gasteiger partial charge in [-0.3, -0.25) is 0 Å². The molecule has 0 unspecified atom stereocenters. The fourth-order valence-electron chi connectivity index (χ4n) is 3.81. The predicted octanol–water partition coefficient (Wildman–Crippen LogP) is 3.84. The first-order valence-electron chi connectivity index (χ1n) is 12.5. The normalized spacial score (nSPS) is 18.6. The number of ether oxygens (including phenoxy) is 7. The molecule has 2 fully saturated rings. The van der Waals surface area contributed by atoms with Crippen LogP contribution in [0.1, 0.15) is 78.1 Å². The van der Waals surface area contributed by atoms with Crippen molar-refractivity contribution < 1.29 is 52.3 Å². The second kappa shape index (κ2) is 16.2. The summed E-state index contributed by atoms with van der Waals surface area (Å²) < 4.78 is 35.4.